The number of esters is 1. The maximum Gasteiger partial charge on any atom is 0.303 e. The molecule has 0 spiro atoms. The summed E-state index contributed by atoms with van der Waals surface area (Å²) < 4.78 is 5.61. The van der Waals surface area contributed by atoms with E-state index in [4.69, 9.17) is 9.84 Å². The summed E-state index contributed by atoms with van der Waals surface area (Å²) >= 11 is 0. The Morgan fingerprint density at radius 3 is 2.40 bits per heavy atom. The highest BCUT2D eigenvalue weighted by Gasteiger charge is 2.60. The predicted octanol–water partition coefficient (Wildman–Crippen LogP) is 6.08. The van der Waals surface area contributed by atoms with Crippen molar-refractivity contribution in [2.45, 2.75) is 104 Å². The van der Waals surface area contributed by atoms with Crippen molar-refractivity contribution in [2.24, 2.45) is 46.3 Å². The van der Waals surface area contributed by atoms with E-state index in [2.05, 4.69) is 20.8 Å². The van der Waals surface area contributed by atoms with Crippen LogP contribution in [-0.4, -0.2) is 23.1 Å². The largest absolute Gasteiger partial charge is 0.481 e. The van der Waals surface area contributed by atoms with Crippen molar-refractivity contribution in [1.29, 1.82) is 0 Å². The number of aliphatic carboxylic acids is 1. The number of carbonyl (C=O) groups excluding carboxylic acids is 1. The van der Waals surface area contributed by atoms with E-state index < -0.39 is 5.97 Å². The summed E-state index contributed by atoms with van der Waals surface area (Å²) in [6.07, 6.45) is 12.5. The van der Waals surface area contributed by atoms with Gasteiger partial charge in [0.2, 0.25) is 0 Å². The Morgan fingerprint density at radius 2 is 1.70 bits per heavy atom. The molecule has 0 aromatic carbocycles. The highest BCUT2D eigenvalue weighted by molar-refractivity contribution is 5.66. The van der Waals surface area contributed by atoms with Gasteiger partial charge in [0, 0.05) is 13.3 Å². The topological polar surface area (TPSA) is 63.6 Å². The number of carboxylic acids is 1. The molecule has 0 heterocycles. The van der Waals surface area contributed by atoms with Gasteiger partial charge in [0.25, 0.3) is 0 Å². The number of hydrogen-bond donors (Lipinski definition) is 1. The van der Waals surface area contributed by atoms with Crippen molar-refractivity contribution in [1.82, 2.24) is 0 Å². The third kappa shape index (κ3) is 3.71. The van der Waals surface area contributed by atoms with E-state index in [0.717, 1.165) is 37.0 Å². The SMILES string of the molecule is CC(=O)O[C@@H]1CC[C@@]2(C)[C@H](CC[C@@H]3[C@@H]2CC[C@]2(C)[C@@H]([C@H](C)CCC(=O)O)CC[C@@H]32)C1. The van der Waals surface area contributed by atoms with Crippen LogP contribution in [0.3, 0.4) is 0 Å². The molecule has 4 fully saturated rings. The molecule has 4 heteroatoms. The van der Waals surface area contributed by atoms with Gasteiger partial charge >= 0.3 is 11.9 Å². The average Bonchev–Trinajstić information content (AvgIpc) is 3.03. The van der Waals surface area contributed by atoms with E-state index in [-0.39, 0.29) is 12.1 Å². The summed E-state index contributed by atoms with van der Waals surface area (Å²) in [5, 5.41) is 9.13. The van der Waals surface area contributed by atoms with E-state index >= 15 is 0 Å². The van der Waals surface area contributed by atoms with Crippen LogP contribution in [0, 0.1) is 46.3 Å². The first-order chi connectivity index (χ1) is 14.1. The zero-order chi connectivity index (χ0) is 21.7. The molecule has 4 aliphatic carbocycles. The van der Waals surface area contributed by atoms with E-state index in [1.165, 1.54) is 44.9 Å². The predicted molar refractivity (Wildman–Crippen MR) is 117 cm³/mol. The van der Waals surface area contributed by atoms with Crippen LogP contribution >= 0.6 is 0 Å². The minimum atomic E-state index is -0.652. The van der Waals surface area contributed by atoms with E-state index in [9.17, 15) is 9.59 Å². The average molecular weight is 419 g/mol. The highest BCUT2D eigenvalue weighted by atomic mass is 16.5. The van der Waals surface area contributed by atoms with Crippen molar-refractivity contribution in [3.8, 4) is 0 Å². The Kier molecular flexibility index (Phi) is 6.00. The van der Waals surface area contributed by atoms with Gasteiger partial charge < -0.3 is 9.84 Å². The van der Waals surface area contributed by atoms with Gasteiger partial charge in [-0.15, -0.1) is 0 Å². The molecule has 30 heavy (non-hydrogen) atoms. The van der Waals surface area contributed by atoms with Crippen LogP contribution in [0.4, 0.5) is 0 Å². The molecule has 4 saturated carbocycles. The summed E-state index contributed by atoms with van der Waals surface area (Å²) in [6, 6.07) is 0. The van der Waals surface area contributed by atoms with E-state index in [0.29, 0.717) is 35.0 Å². The van der Waals surface area contributed by atoms with Gasteiger partial charge in [-0.25, -0.2) is 0 Å². The maximum atomic E-state index is 11.5. The van der Waals surface area contributed by atoms with Crippen LogP contribution in [0.1, 0.15) is 98.3 Å². The second-order valence-corrected chi connectivity index (χ2v) is 11.8. The molecule has 0 bridgehead atoms. The lowest BCUT2D eigenvalue weighted by Gasteiger charge is -2.61. The van der Waals surface area contributed by atoms with Crippen LogP contribution in [-0.2, 0) is 14.3 Å². The Balaban J connectivity index is 1.47. The summed E-state index contributed by atoms with van der Waals surface area (Å²) in [5.74, 6) is 3.60. The van der Waals surface area contributed by atoms with Gasteiger partial charge in [0.05, 0.1) is 0 Å². The summed E-state index contributed by atoms with van der Waals surface area (Å²) in [5.41, 5.74) is 0.811. The van der Waals surface area contributed by atoms with Gasteiger partial charge in [-0.3, -0.25) is 9.59 Å². The number of fused-ring (bicyclic) bond motifs is 5. The summed E-state index contributed by atoms with van der Waals surface area (Å²) in [7, 11) is 0. The highest BCUT2D eigenvalue weighted by Crippen LogP contribution is 2.68. The van der Waals surface area contributed by atoms with Gasteiger partial charge in [-0.1, -0.05) is 20.8 Å². The lowest BCUT2D eigenvalue weighted by Crippen LogP contribution is -2.54. The number of carboxylic acid groups (broad SMARTS) is 1. The summed E-state index contributed by atoms with van der Waals surface area (Å²) in [6.45, 7) is 8.96. The lowest BCUT2D eigenvalue weighted by molar-refractivity contribution is -0.160. The molecule has 4 nitrogen and oxygen atoms in total. The maximum absolute atomic E-state index is 11.5. The van der Waals surface area contributed by atoms with E-state index in [1.807, 2.05) is 0 Å². The van der Waals surface area contributed by atoms with E-state index in [1.54, 1.807) is 6.92 Å². The zero-order valence-electron chi connectivity index (χ0n) is 19.5. The lowest BCUT2D eigenvalue weighted by atomic mass is 9.44. The second kappa shape index (κ2) is 8.13. The first-order valence-electron chi connectivity index (χ1n) is 12.5. The molecule has 0 unspecified atom stereocenters. The summed E-state index contributed by atoms with van der Waals surface area (Å²) in [4.78, 5) is 22.5. The van der Waals surface area contributed by atoms with Crippen molar-refractivity contribution >= 4 is 11.9 Å². The Labute approximate surface area is 182 Å². The molecule has 4 aliphatic rings. The fraction of sp³-hybridized carbons (Fsp3) is 0.923. The van der Waals surface area contributed by atoms with Gasteiger partial charge in [-0.2, -0.15) is 0 Å². The molecular weight excluding hydrogens is 376 g/mol. The van der Waals surface area contributed by atoms with Gasteiger partial charge in [0.1, 0.15) is 6.10 Å². The molecule has 0 aliphatic heterocycles. The van der Waals surface area contributed by atoms with Crippen molar-refractivity contribution in [2.75, 3.05) is 0 Å². The Morgan fingerprint density at radius 1 is 1.00 bits per heavy atom. The second-order valence-electron chi connectivity index (χ2n) is 11.8. The molecule has 0 amide bonds. The monoisotopic (exact) mass is 418 g/mol. The molecule has 4 rings (SSSR count). The first-order valence-corrected chi connectivity index (χ1v) is 12.5. The number of ether oxygens (including phenoxy) is 1. The molecule has 1 N–H and O–H groups in total. The zero-order valence-corrected chi connectivity index (χ0v) is 19.5. The van der Waals surface area contributed by atoms with Crippen LogP contribution in [0.2, 0.25) is 0 Å². The number of rotatable bonds is 5. The normalized spacial score (nSPS) is 46.3. The van der Waals surface area contributed by atoms with Crippen LogP contribution < -0.4 is 0 Å². The van der Waals surface area contributed by atoms with Gasteiger partial charge in [0.15, 0.2) is 0 Å². The molecular formula is C26H42O4. The Hall–Kier alpha value is -1.06. The minimum absolute atomic E-state index is 0.125. The fourth-order valence-corrected chi connectivity index (χ4v) is 9.09. The quantitative estimate of drug-likeness (QED) is 0.550. The number of carbonyl (C=O) groups is 2. The smallest absolute Gasteiger partial charge is 0.303 e. The molecule has 0 aromatic rings. The Bertz CT molecular complexity index is 674. The molecule has 170 valence electrons. The van der Waals surface area contributed by atoms with Crippen LogP contribution in [0.5, 0.6) is 0 Å². The van der Waals surface area contributed by atoms with Crippen molar-refractivity contribution in [3.63, 3.8) is 0 Å². The van der Waals surface area contributed by atoms with Gasteiger partial charge in [-0.05, 0) is 111 Å². The van der Waals surface area contributed by atoms with Crippen LogP contribution in [0.15, 0.2) is 0 Å². The van der Waals surface area contributed by atoms with Crippen molar-refractivity contribution < 1.29 is 19.4 Å². The van der Waals surface area contributed by atoms with Crippen molar-refractivity contribution in [3.05, 3.63) is 0 Å². The molecule has 0 radical (unpaired) electrons. The molecule has 0 saturated heterocycles. The number of hydrogen-bond acceptors (Lipinski definition) is 3. The molecule has 0 aromatic heterocycles. The molecule has 9 atom stereocenters. The first kappa shape index (κ1) is 22.1. The minimum Gasteiger partial charge on any atom is -0.481 e. The third-order valence-electron chi connectivity index (χ3n) is 10.5. The standard InChI is InChI=1S/C26H42O4/c1-16(5-10-24(28)29)21-8-9-22-20-7-6-18-15-19(30-17(2)27)11-13-25(18,3)23(20)12-14-26(21,22)4/h16,18-23H,5-15H2,1-4H3,(H,28,29)/t16-,18-,19-,20+,21-,22+,23+,25+,26-/m1/s1. The third-order valence-corrected chi connectivity index (χ3v) is 10.5. The fourth-order valence-electron chi connectivity index (χ4n) is 9.09. The van der Waals surface area contributed by atoms with Crippen LogP contribution in [0.25, 0.3) is 0 Å².